The number of fused-ring (bicyclic) bond motifs is 1. The fourth-order valence-electron chi connectivity index (χ4n) is 9.11. The first kappa shape index (κ1) is 26.4. The van der Waals surface area contributed by atoms with E-state index < -0.39 is 0 Å². The average Bonchev–Trinajstić information content (AvgIpc) is 3.72. The summed E-state index contributed by atoms with van der Waals surface area (Å²) in [5, 5.41) is 10.7. The summed E-state index contributed by atoms with van der Waals surface area (Å²) in [6.07, 6.45) is 11.9. The lowest BCUT2D eigenvalue weighted by molar-refractivity contribution is 0.877. The van der Waals surface area contributed by atoms with E-state index in [9.17, 15) is 0 Å². The van der Waals surface area contributed by atoms with Crippen molar-refractivity contribution in [3.63, 3.8) is 0 Å². The highest BCUT2D eigenvalue weighted by Gasteiger charge is 2.38. The third-order valence-corrected chi connectivity index (χ3v) is 11.2. The Morgan fingerprint density at radius 3 is 2.42 bits per heavy atom. The van der Waals surface area contributed by atoms with Gasteiger partial charge in [-0.05, 0) is 110 Å². The molecule has 4 heterocycles. The van der Waals surface area contributed by atoms with E-state index in [1.54, 1.807) is 0 Å². The summed E-state index contributed by atoms with van der Waals surface area (Å²) in [7, 11) is 0. The van der Waals surface area contributed by atoms with Crippen LogP contribution in [-0.4, -0.2) is 14.5 Å². The van der Waals surface area contributed by atoms with Crippen LogP contribution >= 0.6 is 0 Å². The molecule has 4 nitrogen and oxygen atoms in total. The van der Waals surface area contributed by atoms with Gasteiger partial charge in [-0.25, -0.2) is 4.98 Å². The van der Waals surface area contributed by atoms with E-state index in [4.69, 9.17) is 9.97 Å². The third-order valence-electron chi connectivity index (χ3n) is 11.2. The van der Waals surface area contributed by atoms with Crippen LogP contribution in [0.1, 0.15) is 22.7 Å². The minimum atomic E-state index is 0.119. The highest BCUT2D eigenvalue weighted by Crippen LogP contribution is 2.56. The fourth-order valence-corrected chi connectivity index (χ4v) is 9.11. The second kappa shape index (κ2) is 9.55. The van der Waals surface area contributed by atoms with Gasteiger partial charge in [-0.2, -0.15) is 0 Å². The molecule has 6 aromatic carbocycles. The highest BCUT2D eigenvalue weighted by atomic mass is 15.2. The molecule has 3 aromatic heterocycles. The van der Waals surface area contributed by atoms with Gasteiger partial charge in [0.05, 0.1) is 28.3 Å². The van der Waals surface area contributed by atoms with E-state index >= 15 is 0 Å². The molecule has 1 aliphatic heterocycles. The molecule has 0 amide bonds. The number of anilines is 2. The maximum atomic E-state index is 4.82. The average molecular weight is 637 g/mol. The van der Waals surface area contributed by atoms with Crippen LogP contribution in [0.2, 0.25) is 0 Å². The van der Waals surface area contributed by atoms with Gasteiger partial charge in [0.1, 0.15) is 5.82 Å². The summed E-state index contributed by atoms with van der Waals surface area (Å²) in [5.74, 6) is 0.993. The standard InChI is InChI=1S/C46H28N4/c1-2-6-27(7-3-1)32-21-23-47-35(26-32)33-10-9-31-25-34(16-11-30(31)24-33)49-36-17-12-28-14-19-38-45-41(28)43(36)44-37(49)18-13-29-15-20-39(46(45)42(29)44)50(38)40-8-4-5-22-48-40/h1-12,14-26,38H,13H2. The predicted octanol–water partition coefficient (Wildman–Crippen LogP) is 10.5. The Morgan fingerprint density at radius 1 is 0.600 bits per heavy atom. The van der Waals surface area contributed by atoms with E-state index in [-0.39, 0.29) is 6.04 Å². The van der Waals surface area contributed by atoms with Crippen LogP contribution in [0.4, 0.5) is 11.5 Å². The van der Waals surface area contributed by atoms with Gasteiger partial charge >= 0.3 is 0 Å². The van der Waals surface area contributed by atoms with E-state index in [1.165, 1.54) is 87.8 Å². The zero-order chi connectivity index (χ0) is 32.5. The van der Waals surface area contributed by atoms with Crippen LogP contribution in [0.3, 0.4) is 0 Å². The van der Waals surface area contributed by atoms with Crippen LogP contribution in [0, 0.1) is 0 Å². The van der Waals surface area contributed by atoms with Gasteiger partial charge in [0.25, 0.3) is 0 Å². The minimum Gasteiger partial charge on any atom is -0.315 e. The first-order valence-electron chi connectivity index (χ1n) is 17.3. The predicted molar refractivity (Wildman–Crippen MR) is 206 cm³/mol. The third kappa shape index (κ3) is 3.40. The molecule has 232 valence electrons. The number of hydrogen-bond donors (Lipinski definition) is 0. The van der Waals surface area contributed by atoms with Crippen molar-refractivity contribution in [1.82, 2.24) is 14.5 Å². The first-order valence-corrected chi connectivity index (χ1v) is 17.3. The zero-order valence-corrected chi connectivity index (χ0v) is 27.0. The molecule has 50 heavy (non-hydrogen) atoms. The van der Waals surface area contributed by atoms with E-state index in [1.807, 2.05) is 18.5 Å². The molecule has 1 atom stereocenters. The minimum absolute atomic E-state index is 0.119. The van der Waals surface area contributed by atoms with Gasteiger partial charge in [-0.1, -0.05) is 85.0 Å². The molecule has 0 saturated heterocycles. The van der Waals surface area contributed by atoms with E-state index in [2.05, 4.69) is 143 Å². The number of hydrogen-bond acceptors (Lipinski definition) is 3. The van der Waals surface area contributed by atoms with Gasteiger partial charge in [-0.15, -0.1) is 0 Å². The first-order chi connectivity index (χ1) is 24.8. The number of pyridine rings is 2. The Labute approximate surface area is 287 Å². The topological polar surface area (TPSA) is 34.0 Å². The fraction of sp³-hybridized carbons (Fsp3) is 0.0435. The lowest BCUT2D eigenvalue weighted by atomic mass is 9.83. The summed E-state index contributed by atoms with van der Waals surface area (Å²) < 4.78 is 2.51. The van der Waals surface area contributed by atoms with Crippen molar-refractivity contribution in [1.29, 1.82) is 0 Å². The molecule has 0 spiro atoms. The summed E-state index contributed by atoms with van der Waals surface area (Å²) in [6, 6.07) is 44.1. The molecule has 2 aliphatic carbocycles. The smallest absolute Gasteiger partial charge is 0.133 e. The van der Waals surface area contributed by atoms with Gasteiger partial charge < -0.3 is 9.47 Å². The molecule has 1 unspecified atom stereocenters. The summed E-state index contributed by atoms with van der Waals surface area (Å²) >= 11 is 0. The Bertz CT molecular complexity index is 3010. The van der Waals surface area contributed by atoms with Crippen molar-refractivity contribution in [2.45, 2.75) is 12.5 Å². The quantitative estimate of drug-likeness (QED) is 0.180. The number of benzene rings is 6. The second-order valence-electron chi connectivity index (χ2n) is 13.7. The largest absolute Gasteiger partial charge is 0.315 e. The molecule has 0 N–H and O–H groups in total. The van der Waals surface area contributed by atoms with Crippen molar-refractivity contribution >= 4 is 66.9 Å². The maximum absolute atomic E-state index is 4.82. The second-order valence-corrected chi connectivity index (χ2v) is 13.7. The molecule has 0 bridgehead atoms. The molecular formula is C46H28N4. The summed E-state index contributed by atoms with van der Waals surface area (Å²) in [5.41, 5.74) is 12.3. The van der Waals surface area contributed by atoms with Crippen molar-refractivity contribution in [2.24, 2.45) is 0 Å². The lowest BCUT2D eigenvalue weighted by Gasteiger charge is -2.27. The Kier molecular flexibility index (Phi) is 5.05. The molecule has 9 aromatic rings. The number of nitrogens with zero attached hydrogens (tertiary/aromatic N) is 4. The van der Waals surface area contributed by atoms with Crippen LogP contribution in [0.15, 0.2) is 140 Å². The molecule has 12 rings (SSSR count). The lowest BCUT2D eigenvalue weighted by Crippen LogP contribution is -2.19. The molecular weight excluding hydrogens is 609 g/mol. The van der Waals surface area contributed by atoms with E-state index in [0.29, 0.717) is 0 Å². The SMILES string of the molecule is C1=CC2c3c4c(ccc5c4c4c(n(-c6ccc7cc(-c8cc(-c9ccccc9)ccn8)ccc7c6)c6ccc1c3c46)=CC5)N2c1ccccn1. The van der Waals surface area contributed by atoms with E-state index in [0.717, 1.165) is 23.5 Å². The molecule has 0 radical (unpaired) electrons. The number of aromatic nitrogens is 3. The molecule has 4 heteroatoms. The van der Waals surface area contributed by atoms with Crippen molar-refractivity contribution in [3.05, 3.63) is 162 Å². The highest BCUT2D eigenvalue weighted by molar-refractivity contribution is 6.30. The summed E-state index contributed by atoms with van der Waals surface area (Å²) in [4.78, 5) is 12.0. The van der Waals surface area contributed by atoms with Crippen LogP contribution in [0.25, 0.3) is 83.4 Å². The molecule has 0 saturated carbocycles. The van der Waals surface area contributed by atoms with Gasteiger partial charge in [0.15, 0.2) is 0 Å². The monoisotopic (exact) mass is 636 g/mol. The van der Waals surface area contributed by atoms with Gasteiger partial charge in [0.2, 0.25) is 0 Å². The summed E-state index contributed by atoms with van der Waals surface area (Å²) in [6.45, 7) is 0. The van der Waals surface area contributed by atoms with Crippen molar-refractivity contribution < 1.29 is 0 Å². The molecule has 3 aliphatic rings. The Hall–Kier alpha value is -6.52. The Morgan fingerprint density at radius 2 is 1.50 bits per heavy atom. The van der Waals surface area contributed by atoms with Gasteiger partial charge in [-0.3, -0.25) is 4.98 Å². The van der Waals surface area contributed by atoms with Crippen molar-refractivity contribution in [3.8, 4) is 28.1 Å². The van der Waals surface area contributed by atoms with Crippen LogP contribution < -0.4 is 10.2 Å². The van der Waals surface area contributed by atoms with Crippen LogP contribution in [0.5, 0.6) is 0 Å². The normalized spacial score (nSPS) is 15.4. The molecule has 0 fully saturated rings. The van der Waals surface area contributed by atoms with Gasteiger partial charge in [0, 0.05) is 39.8 Å². The maximum Gasteiger partial charge on any atom is 0.133 e. The number of rotatable bonds is 4. The van der Waals surface area contributed by atoms with Crippen molar-refractivity contribution in [2.75, 3.05) is 4.90 Å². The Balaban J connectivity index is 1.06. The zero-order valence-electron chi connectivity index (χ0n) is 27.0. The van der Waals surface area contributed by atoms with Crippen LogP contribution in [-0.2, 0) is 6.42 Å².